The summed E-state index contributed by atoms with van der Waals surface area (Å²) < 4.78 is 5.19. The highest BCUT2D eigenvalue weighted by Gasteiger charge is 2.24. The number of anilines is 1. The predicted octanol–water partition coefficient (Wildman–Crippen LogP) is 3.04. The molecule has 1 heterocycles. The van der Waals surface area contributed by atoms with E-state index in [1.807, 2.05) is 12.1 Å². The number of benzene rings is 1. The molecule has 2 atom stereocenters. The average molecular weight is 248 g/mol. The monoisotopic (exact) mass is 248 g/mol. The number of nitrogen functional groups attached to an aromatic ring is 1. The number of likely N-dealkylation sites (tertiary alicyclic amines) is 1. The molecule has 3 heteroatoms. The second-order valence-electron chi connectivity index (χ2n) is 5.38. The molecule has 1 saturated heterocycles. The standard InChI is InChI=1S/C15H24N2O/c1-11-5-4-6-12(2)17(11)10-13-7-8-15(18-3)14(16)9-13/h7-9,11-12H,4-6,10,16H2,1-3H3/t11-,12+. The minimum atomic E-state index is 0.664. The fourth-order valence-corrected chi connectivity index (χ4v) is 2.88. The molecular weight excluding hydrogens is 224 g/mol. The van der Waals surface area contributed by atoms with Gasteiger partial charge in [-0.3, -0.25) is 4.90 Å². The maximum absolute atomic E-state index is 5.96. The SMILES string of the molecule is COc1ccc(CN2[C@H](C)CCC[C@@H]2C)cc1N. The highest BCUT2D eigenvalue weighted by molar-refractivity contribution is 5.54. The maximum Gasteiger partial charge on any atom is 0.141 e. The lowest BCUT2D eigenvalue weighted by molar-refractivity contribution is 0.0953. The number of nitrogens with zero attached hydrogens (tertiary/aromatic N) is 1. The molecule has 0 saturated carbocycles. The van der Waals surface area contributed by atoms with Crippen molar-refractivity contribution in [3.8, 4) is 5.75 Å². The van der Waals surface area contributed by atoms with Crippen LogP contribution in [0.2, 0.25) is 0 Å². The topological polar surface area (TPSA) is 38.5 Å². The van der Waals surface area contributed by atoms with E-state index in [1.54, 1.807) is 7.11 Å². The Kier molecular flexibility index (Phi) is 4.12. The van der Waals surface area contributed by atoms with Crippen LogP contribution in [0.5, 0.6) is 5.75 Å². The van der Waals surface area contributed by atoms with E-state index >= 15 is 0 Å². The Bertz CT molecular complexity index is 395. The third-order valence-corrected chi connectivity index (χ3v) is 4.04. The molecule has 2 rings (SSSR count). The summed E-state index contributed by atoms with van der Waals surface area (Å²) in [6.45, 7) is 5.63. The zero-order valence-corrected chi connectivity index (χ0v) is 11.6. The van der Waals surface area contributed by atoms with E-state index in [1.165, 1.54) is 24.8 Å². The lowest BCUT2D eigenvalue weighted by Gasteiger charge is -2.39. The van der Waals surface area contributed by atoms with Crippen LogP contribution in [0.4, 0.5) is 5.69 Å². The Morgan fingerprint density at radius 3 is 2.50 bits per heavy atom. The van der Waals surface area contributed by atoms with E-state index in [0.717, 1.165) is 18.0 Å². The van der Waals surface area contributed by atoms with Gasteiger partial charge in [-0.05, 0) is 44.4 Å². The van der Waals surface area contributed by atoms with Crippen molar-refractivity contribution in [2.45, 2.75) is 51.7 Å². The van der Waals surface area contributed by atoms with Gasteiger partial charge >= 0.3 is 0 Å². The molecule has 0 unspecified atom stereocenters. The minimum absolute atomic E-state index is 0.664. The van der Waals surface area contributed by atoms with Crippen LogP contribution in [0.15, 0.2) is 18.2 Å². The zero-order chi connectivity index (χ0) is 13.1. The van der Waals surface area contributed by atoms with Gasteiger partial charge in [0.15, 0.2) is 0 Å². The van der Waals surface area contributed by atoms with Crippen LogP contribution in [0.1, 0.15) is 38.7 Å². The van der Waals surface area contributed by atoms with Gasteiger partial charge < -0.3 is 10.5 Å². The molecule has 3 nitrogen and oxygen atoms in total. The first-order valence-electron chi connectivity index (χ1n) is 6.80. The Morgan fingerprint density at radius 2 is 1.94 bits per heavy atom. The molecule has 0 bridgehead atoms. The molecule has 100 valence electrons. The quantitative estimate of drug-likeness (QED) is 0.836. The molecule has 0 amide bonds. The lowest BCUT2D eigenvalue weighted by atomic mass is 9.96. The van der Waals surface area contributed by atoms with E-state index < -0.39 is 0 Å². The molecule has 1 aromatic carbocycles. The molecule has 1 fully saturated rings. The van der Waals surface area contributed by atoms with Crippen LogP contribution in [0.3, 0.4) is 0 Å². The first-order valence-corrected chi connectivity index (χ1v) is 6.80. The van der Waals surface area contributed by atoms with Crippen molar-refractivity contribution in [1.29, 1.82) is 0 Å². The van der Waals surface area contributed by atoms with Crippen molar-refractivity contribution >= 4 is 5.69 Å². The van der Waals surface area contributed by atoms with Gasteiger partial charge in [-0.15, -0.1) is 0 Å². The second-order valence-corrected chi connectivity index (χ2v) is 5.38. The van der Waals surface area contributed by atoms with Gasteiger partial charge in [-0.2, -0.15) is 0 Å². The summed E-state index contributed by atoms with van der Waals surface area (Å²) in [4.78, 5) is 2.57. The number of nitrogens with two attached hydrogens (primary N) is 1. The molecule has 2 N–H and O–H groups in total. The van der Waals surface area contributed by atoms with E-state index in [9.17, 15) is 0 Å². The number of methoxy groups -OCH3 is 1. The number of hydrogen-bond acceptors (Lipinski definition) is 3. The van der Waals surface area contributed by atoms with Gasteiger partial charge in [0.2, 0.25) is 0 Å². The Balaban J connectivity index is 2.10. The van der Waals surface area contributed by atoms with E-state index in [4.69, 9.17) is 10.5 Å². The van der Waals surface area contributed by atoms with Crippen molar-refractivity contribution in [1.82, 2.24) is 4.90 Å². The number of ether oxygens (including phenoxy) is 1. The average Bonchev–Trinajstić information content (AvgIpc) is 2.34. The molecule has 1 aromatic rings. The molecule has 0 aromatic heterocycles. The summed E-state index contributed by atoms with van der Waals surface area (Å²) in [6.07, 6.45) is 3.95. The summed E-state index contributed by atoms with van der Waals surface area (Å²) in [6, 6.07) is 7.44. The van der Waals surface area contributed by atoms with Crippen molar-refractivity contribution in [2.75, 3.05) is 12.8 Å². The number of piperidine rings is 1. The minimum Gasteiger partial charge on any atom is -0.495 e. The fraction of sp³-hybridized carbons (Fsp3) is 0.600. The van der Waals surface area contributed by atoms with Gasteiger partial charge in [-0.1, -0.05) is 12.5 Å². The van der Waals surface area contributed by atoms with Gasteiger partial charge in [-0.25, -0.2) is 0 Å². The first-order chi connectivity index (χ1) is 8.61. The van der Waals surface area contributed by atoms with Crippen molar-refractivity contribution in [3.05, 3.63) is 23.8 Å². The van der Waals surface area contributed by atoms with Gasteiger partial charge in [0.25, 0.3) is 0 Å². The number of rotatable bonds is 3. The molecule has 18 heavy (non-hydrogen) atoms. The number of hydrogen-bond donors (Lipinski definition) is 1. The largest absolute Gasteiger partial charge is 0.495 e. The highest BCUT2D eigenvalue weighted by atomic mass is 16.5. The van der Waals surface area contributed by atoms with Gasteiger partial charge in [0.05, 0.1) is 12.8 Å². The summed E-state index contributed by atoms with van der Waals surface area (Å²) in [7, 11) is 1.65. The molecule has 0 spiro atoms. The predicted molar refractivity (Wildman–Crippen MR) is 75.7 cm³/mol. The third kappa shape index (κ3) is 2.78. The van der Waals surface area contributed by atoms with Crippen LogP contribution in [-0.2, 0) is 6.54 Å². The maximum atomic E-state index is 5.96. The van der Waals surface area contributed by atoms with Gasteiger partial charge in [0, 0.05) is 18.6 Å². The molecule has 0 aliphatic carbocycles. The fourth-order valence-electron chi connectivity index (χ4n) is 2.88. The van der Waals surface area contributed by atoms with E-state index in [0.29, 0.717) is 12.1 Å². The Hall–Kier alpha value is -1.22. The van der Waals surface area contributed by atoms with Crippen LogP contribution in [-0.4, -0.2) is 24.1 Å². The van der Waals surface area contributed by atoms with Crippen molar-refractivity contribution in [3.63, 3.8) is 0 Å². The van der Waals surface area contributed by atoms with Crippen LogP contribution < -0.4 is 10.5 Å². The lowest BCUT2D eigenvalue weighted by Crippen LogP contribution is -2.42. The zero-order valence-electron chi connectivity index (χ0n) is 11.6. The van der Waals surface area contributed by atoms with E-state index in [2.05, 4.69) is 24.8 Å². The molecule has 1 aliphatic heterocycles. The summed E-state index contributed by atoms with van der Waals surface area (Å²) >= 11 is 0. The summed E-state index contributed by atoms with van der Waals surface area (Å²) in [5.74, 6) is 0.762. The highest BCUT2D eigenvalue weighted by Crippen LogP contribution is 2.27. The van der Waals surface area contributed by atoms with Crippen molar-refractivity contribution < 1.29 is 4.74 Å². The molecular formula is C15H24N2O. The third-order valence-electron chi connectivity index (χ3n) is 4.04. The Morgan fingerprint density at radius 1 is 1.28 bits per heavy atom. The van der Waals surface area contributed by atoms with Gasteiger partial charge in [0.1, 0.15) is 5.75 Å². The van der Waals surface area contributed by atoms with Crippen LogP contribution >= 0.6 is 0 Å². The molecule has 1 aliphatic rings. The summed E-state index contributed by atoms with van der Waals surface area (Å²) in [5.41, 5.74) is 7.96. The first kappa shape index (κ1) is 13.2. The van der Waals surface area contributed by atoms with Crippen LogP contribution in [0.25, 0.3) is 0 Å². The summed E-state index contributed by atoms with van der Waals surface area (Å²) in [5, 5.41) is 0. The molecule has 0 radical (unpaired) electrons. The Labute approximate surface area is 110 Å². The van der Waals surface area contributed by atoms with Crippen molar-refractivity contribution in [2.24, 2.45) is 0 Å². The second kappa shape index (κ2) is 5.61. The smallest absolute Gasteiger partial charge is 0.141 e. The van der Waals surface area contributed by atoms with Crippen LogP contribution in [0, 0.1) is 0 Å². The van der Waals surface area contributed by atoms with E-state index in [-0.39, 0.29) is 0 Å². The normalized spacial score (nSPS) is 25.1.